The molecule has 1 aliphatic heterocycles. The quantitative estimate of drug-likeness (QED) is 0.673. The third kappa shape index (κ3) is 5.12. The molecule has 0 aliphatic carbocycles. The molecule has 1 saturated heterocycles. The van der Waals surface area contributed by atoms with Gasteiger partial charge in [0.05, 0.1) is 5.92 Å². The summed E-state index contributed by atoms with van der Waals surface area (Å²) < 4.78 is 38.9. The Labute approximate surface area is 122 Å². The third-order valence-electron chi connectivity index (χ3n) is 3.55. The van der Waals surface area contributed by atoms with Gasteiger partial charge in [-0.3, -0.25) is 9.00 Å². The van der Waals surface area contributed by atoms with Gasteiger partial charge < -0.3 is 5.11 Å². The predicted octanol–water partition coefficient (Wildman–Crippen LogP) is -0.225. The van der Waals surface area contributed by atoms with Crippen LogP contribution in [0.1, 0.15) is 26.2 Å². The van der Waals surface area contributed by atoms with E-state index in [-0.39, 0.29) is 24.9 Å². The highest BCUT2D eigenvalue weighted by Gasteiger charge is 2.30. The number of hydrogen-bond acceptors (Lipinski definition) is 4. The van der Waals surface area contributed by atoms with Crippen molar-refractivity contribution in [2.24, 2.45) is 5.92 Å². The Balaban J connectivity index is 2.42. The van der Waals surface area contributed by atoms with Crippen LogP contribution in [-0.4, -0.2) is 59.1 Å². The van der Waals surface area contributed by atoms with Gasteiger partial charge in [0.2, 0.25) is 0 Å². The standard InChI is InChI=1S/C11H22N2O5S2/c1-9(19(2)16)3-6-12-20(17,18)13-7-4-10(5-8-13)11(14)15/h9-10,12H,3-8H2,1-2H3,(H,14,15). The van der Waals surface area contributed by atoms with Gasteiger partial charge in [0.15, 0.2) is 0 Å². The van der Waals surface area contributed by atoms with E-state index in [0.717, 1.165) is 0 Å². The zero-order valence-electron chi connectivity index (χ0n) is 11.7. The first-order valence-corrected chi connectivity index (χ1v) is 9.60. The van der Waals surface area contributed by atoms with Gasteiger partial charge in [-0.15, -0.1) is 0 Å². The van der Waals surface area contributed by atoms with Crippen LogP contribution in [-0.2, 0) is 25.8 Å². The lowest BCUT2D eigenvalue weighted by Gasteiger charge is -2.29. The summed E-state index contributed by atoms with van der Waals surface area (Å²) in [6, 6.07) is 0. The summed E-state index contributed by atoms with van der Waals surface area (Å²) in [5.41, 5.74) is 0. The summed E-state index contributed by atoms with van der Waals surface area (Å²) in [7, 11) is -4.53. The van der Waals surface area contributed by atoms with Gasteiger partial charge in [0.25, 0.3) is 10.2 Å². The Bertz CT molecular complexity index is 457. The van der Waals surface area contributed by atoms with Crippen molar-refractivity contribution in [2.75, 3.05) is 25.9 Å². The van der Waals surface area contributed by atoms with Crippen LogP contribution < -0.4 is 4.72 Å². The van der Waals surface area contributed by atoms with Gasteiger partial charge >= 0.3 is 5.97 Å². The van der Waals surface area contributed by atoms with E-state index < -0.39 is 32.9 Å². The van der Waals surface area contributed by atoms with Gasteiger partial charge in [-0.2, -0.15) is 12.7 Å². The minimum atomic E-state index is -3.56. The molecule has 7 nitrogen and oxygen atoms in total. The molecule has 0 aromatic rings. The zero-order chi connectivity index (χ0) is 15.3. The molecule has 0 spiro atoms. The molecule has 1 rings (SSSR count). The number of carboxylic acid groups (broad SMARTS) is 1. The summed E-state index contributed by atoms with van der Waals surface area (Å²) in [5, 5.41) is 8.81. The van der Waals surface area contributed by atoms with E-state index in [1.807, 2.05) is 6.92 Å². The fraction of sp³-hybridized carbons (Fsp3) is 0.909. The molecule has 0 amide bonds. The molecule has 1 fully saturated rings. The van der Waals surface area contributed by atoms with Crippen molar-refractivity contribution in [1.82, 2.24) is 9.03 Å². The highest BCUT2D eigenvalue weighted by Crippen LogP contribution is 2.19. The minimum Gasteiger partial charge on any atom is -0.481 e. The van der Waals surface area contributed by atoms with Gasteiger partial charge in [0, 0.05) is 41.9 Å². The molecule has 2 atom stereocenters. The van der Waals surface area contributed by atoms with Crippen LogP contribution in [0.4, 0.5) is 0 Å². The molecular weight excluding hydrogens is 304 g/mol. The molecule has 0 saturated carbocycles. The first-order valence-electron chi connectivity index (χ1n) is 6.54. The number of piperidine rings is 1. The molecule has 0 aromatic carbocycles. The predicted molar refractivity (Wildman–Crippen MR) is 77.0 cm³/mol. The van der Waals surface area contributed by atoms with Gasteiger partial charge in [-0.1, -0.05) is 6.92 Å². The third-order valence-corrected chi connectivity index (χ3v) is 6.53. The molecule has 1 heterocycles. The number of nitrogens with one attached hydrogen (secondary N) is 1. The van der Waals surface area contributed by atoms with E-state index in [2.05, 4.69) is 4.72 Å². The number of carboxylic acids is 1. The molecule has 2 unspecified atom stereocenters. The highest BCUT2D eigenvalue weighted by molar-refractivity contribution is 7.87. The summed E-state index contributed by atoms with van der Waals surface area (Å²) >= 11 is 0. The molecule has 0 radical (unpaired) electrons. The molecule has 9 heteroatoms. The van der Waals surface area contributed by atoms with E-state index >= 15 is 0 Å². The average molecular weight is 326 g/mol. The molecule has 0 aromatic heterocycles. The van der Waals surface area contributed by atoms with E-state index in [4.69, 9.17) is 5.11 Å². The Kier molecular flexibility index (Phi) is 6.56. The molecule has 118 valence electrons. The fourth-order valence-corrected chi connectivity index (χ4v) is 3.69. The second-order valence-electron chi connectivity index (χ2n) is 5.01. The molecular formula is C11H22N2O5S2. The normalized spacial score (nSPS) is 21.5. The Morgan fingerprint density at radius 1 is 1.45 bits per heavy atom. The first-order chi connectivity index (χ1) is 9.24. The van der Waals surface area contributed by atoms with Crippen LogP contribution in [0.25, 0.3) is 0 Å². The lowest BCUT2D eigenvalue weighted by Crippen LogP contribution is -2.46. The summed E-state index contributed by atoms with van der Waals surface area (Å²) in [6.45, 7) is 2.49. The van der Waals surface area contributed by atoms with Crippen LogP contribution in [0.5, 0.6) is 0 Å². The lowest BCUT2D eigenvalue weighted by atomic mass is 9.99. The second kappa shape index (κ2) is 7.48. The van der Waals surface area contributed by atoms with E-state index in [1.54, 1.807) is 6.26 Å². The smallest absolute Gasteiger partial charge is 0.306 e. The van der Waals surface area contributed by atoms with Crippen molar-refractivity contribution in [3.05, 3.63) is 0 Å². The van der Waals surface area contributed by atoms with Crippen molar-refractivity contribution < 1.29 is 22.5 Å². The average Bonchev–Trinajstić information content (AvgIpc) is 2.38. The number of rotatable bonds is 7. The van der Waals surface area contributed by atoms with Crippen LogP contribution in [0, 0.1) is 5.92 Å². The zero-order valence-corrected chi connectivity index (χ0v) is 13.4. The molecule has 2 N–H and O–H groups in total. The largest absolute Gasteiger partial charge is 0.481 e. The van der Waals surface area contributed by atoms with Crippen molar-refractivity contribution in [2.45, 2.75) is 31.4 Å². The molecule has 1 aliphatic rings. The Hall–Kier alpha value is -0.510. The van der Waals surface area contributed by atoms with E-state index in [9.17, 15) is 17.4 Å². The highest BCUT2D eigenvalue weighted by atomic mass is 32.2. The van der Waals surface area contributed by atoms with Crippen molar-refractivity contribution in [1.29, 1.82) is 0 Å². The van der Waals surface area contributed by atoms with E-state index in [1.165, 1.54) is 4.31 Å². The molecule has 0 bridgehead atoms. The molecule has 20 heavy (non-hydrogen) atoms. The van der Waals surface area contributed by atoms with Crippen molar-refractivity contribution in [3.8, 4) is 0 Å². The summed E-state index contributed by atoms with van der Waals surface area (Å²) in [6.07, 6.45) is 2.78. The Morgan fingerprint density at radius 3 is 2.45 bits per heavy atom. The fourth-order valence-electron chi connectivity index (χ4n) is 1.99. The summed E-state index contributed by atoms with van der Waals surface area (Å²) in [5.74, 6) is -1.32. The monoisotopic (exact) mass is 326 g/mol. The number of hydrogen-bond donors (Lipinski definition) is 2. The maximum atomic E-state index is 12.0. The Morgan fingerprint density at radius 2 is 2.00 bits per heavy atom. The van der Waals surface area contributed by atoms with Crippen LogP contribution in [0.3, 0.4) is 0 Å². The van der Waals surface area contributed by atoms with Crippen LogP contribution in [0.2, 0.25) is 0 Å². The van der Waals surface area contributed by atoms with Gasteiger partial charge in [-0.25, -0.2) is 4.72 Å². The minimum absolute atomic E-state index is 0.0598. The van der Waals surface area contributed by atoms with E-state index in [0.29, 0.717) is 19.3 Å². The lowest BCUT2D eigenvalue weighted by molar-refractivity contribution is -0.142. The maximum absolute atomic E-state index is 12.0. The second-order valence-corrected chi connectivity index (χ2v) is 8.57. The number of nitrogens with zero attached hydrogens (tertiary/aromatic N) is 1. The van der Waals surface area contributed by atoms with Crippen molar-refractivity contribution in [3.63, 3.8) is 0 Å². The SMILES string of the molecule is CC(CCNS(=O)(=O)N1CCC(C(=O)O)CC1)S(C)=O. The summed E-state index contributed by atoms with van der Waals surface area (Å²) in [4.78, 5) is 10.8. The van der Waals surface area contributed by atoms with Crippen molar-refractivity contribution >= 4 is 27.0 Å². The maximum Gasteiger partial charge on any atom is 0.306 e. The van der Waals surface area contributed by atoms with Crippen LogP contribution in [0.15, 0.2) is 0 Å². The number of carbonyl (C=O) groups is 1. The number of aliphatic carboxylic acids is 1. The topological polar surface area (TPSA) is 104 Å². The van der Waals surface area contributed by atoms with Crippen LogP contribution >= 0.6 is 0 Å². The van der Waals surface area contributed by atoms with Gasteiger partial charge in [-0.05, 0) is 19.3 Å². The first kappa shape index (κ1) is 17.5. The van der Waals surface area contributed by atoms with Gasteiger partial charge in [0.1, 0.15) is 0 Å².